The molecule has 0 heterocycles. The van der Waals surface area contributed by atoms with Crippen molar-refractivity contribution in [3.63, 3.8) is 0 Å². The van der Waals surface area contributed by atoms with Gasteiger partial charge in [-0.15, -0.1) is 0 Å². The first-order valence-electron chi connectivity index (χ1n) is 19.4. The monoisotopic (exact) mass is 639 g/mol. The fourth-order valence-electron chi connectivity index (χ4n) is 5.53. The van der Waals surface area contributed by atoms with Gasteiger partial charge in [-0.3, -0.25) is 14.4 Å². The molecule has 0 aliphatic heterocycles. The number of hydrogen-bond acceptors (Lipinski definition) is 6. The fraction of sp³-hybridized carbons (Fsp3) is 0.923. The second-order valence-electron chi connectivity index (χ2n) is 13.5. The van der Waals surface area contributed by atoms with Crippen molar-refractivity contribution in [1.82, 2.24) is 0 Å². The molecule has 0 aliphatic rings. The highest BCUT2D eigenvalue weighted by atomic mass is 16.6. The van der Waals surface area contributed by atoms with E-state index in [2.05, 4.69) is 27.7 Å². The molecule has 266 valence electrons. The predicted molar refractivity (Wildman–Crippen MR) is 187 cm³/mol. The van der Waals surface area contributed by atoms with Gasteiger partial charge in [0.2, 0.25) is 0 Å². The molecule has 0 radical (unpaired) electrons. The Hall–Kier alpha value is -1.59. The molecule has 0 rings (SSSR count). The van der Waals surface area contributed by atoms with Crippen LogP contribution in [0.2, 0.25) is 0 Å². The lowest BCUT2D eigenvalue weighted by molar-refractivity contribution is -0.167. The summed E-state index contributed by atoms with van der Waals surface area (Å²) < 4.78 is 16.5. The second-order valence-corrected chi connectivity index (χ2v) is 13.5. The van der Waals surface area contributed by atoms with E-state index in [0.717, 1.165) is 63.7 Å². The van der Waals surface area contributed by atoms with Crippen molar-refractivity contribution in [2.24, 2.45) is 5.92 Å². The Morgan fingerprint density at radius 2 is 0.778 bits per heavy atom. The molecule has 0 saturated heterocycles. The van der Waals surface area contributed by atoms with E-state index in [1.165, 1.54) is 103 Å². The summed E-state index contributed by atoms with van der Waals surface area (Å²) in [5.74, 6) is -0.0602. The summed E-state index contributed by atoms with van der Waals surface area (Å²) in [6.45, 7) is 8.88. The van der Waals surface area contributed by atoms with Crippen molar-refractivity contribution >= 4 is 17.9 Å². The SMILES string of the molecule is CCCCCCCCCCCCC(=O)O[C@H](COC(=O)CCCCCCCCC)COC(=O)CCCCCCCCC(C)CC. The van der Waals surface area contributed by atoms with E-state index in [9.17, 15) is 14.4 Å². The van der Waals surface area contributed by atoms with Gasteiger partial charge in [-0.2, -0.15) is 0 Å². The number of carbonyl (C=O) groups excluding carboxylic acids is 3. The van der Waals surface area contributed by atoms with Crippen molar-refractivity contribution in [2.45, 2.75) is 214 Å². The topological polar surface area (TPSA) is 78.9 Å². The zero-order chi connectivity index (χ0) is 33.2. The molecule has 0 bridgehead atoms. The number of ether oxygens (including phenoxy) is 3. The summed E-state index contributed by atoms with van der Waals surface area (Å²) >= 11 is 0. The molecule has 45 heavy (non-hydrogen) atoms. The van der Waals surface area contributed by atoms with Crippen LogP contribution in [0.5, 0.6) is 0 Å². The lowest BCUT2D eigenvalue weighted by atomic mass is 10.00. The van der Waals surface area contributed by atoms with Crippen LogP contribution in [0.15, 0.2) is 0 Å². The van der Waals surface area contributed by atoms with E-state index < -0.39 is 6.10 Å². The summed E-state index contributed by atoms with van der Waals surface area (Å²) in [5, 5.41) is 0. The maximum atomic E-state index is 12.6. The zero-order valence-electron chi connectivity index (χ0n) is 30.3. The number of unbranched alkanes of at least 4 members (excludes halogenated alkanes) is 20. The molecule has 0 aromatic carbocycles. The van der Waals surface area contributed by atoms with Crippen LogP contribution in [0.25, 0.3) is 0 Å². The van der Waals surface area contributed by atoms with Crippen LogP contribution in [-0.2, 0) is 28.6 Å². The Bertz CT molecular complexity index is 678. The maximum Gasteiger partial charge on any atom is 0.306 e. The highest BCUT2D eigenvalue weighted by molar-refractivity contribution is 5.71. The van der Waals surface area contributed by atoms with E-state index in [1.54, 1.807) is 0 Å². The molecule has 2 atom stereocenters. The Labute approximate surface area is 278 Å². The molecule has 0 N–H and O–H groups in total. The molecule has 0 spiro atoms. The first-order valence-corrected chi connectivity index (χ1v) is 19.4. The molecule has 0 aliphatic carbocycles. The molecule has 0 aromatic heterocycles. The van der Waals surface area contributed by atoms with Gasteiger partial charge in [-0.05, 0) is 25.2 Å². The highest BCUT2D eigenvalue weighted by Gasteiger charge is 2.19. The normalized spacial score (nSPS) is 12.5. The van der Waals surface area contributed by atoms with Crippen LogP contribution in [-0.4, -0.2) is 37.2 Å². The van der Waals surface area contributed by atoms with Crippen molar-refractivity contribution in [3.8, 4) is 0 Å². The van der Waals surface area contributed by atoms with Gasteiger partial charge in [0, 0.05) is 19.3 Å². The number of carbonyl (C=O) groups is 3. The van der Waals surface area contributed by atoms with Gasteiger partial charge in [-0.1, -0.05) is 169 Å². The van der Waals surface area contributed by atoms with Gasteiger partial charge in [0.1, 0.15) is 13.2 Å². The van der Waals surface area contributed by atoms with E-state index in [0.29, 0.717) is 19.3 Å². The molecular formula is C39H74O6. The van der Waals surface area contributed by atoms with Gasteiger partial charge in [0.05, 0.1) is 0 Å². The van der Waals surface area contributed by atoms with Crippen LogP contribution in [0.1, 0.15) is 207 Å². The third-order valence-corrected chi connectivity index (χ3v) is 8.90. The minimum absolute atomic E-state index is 0.0664. The Balaban J connectivity index is 4.35. The van der Waals surface area contributed by atoms with E-state index in [1.807, 2.05) is 0 Å². The highest BCUT2D eigenvalue weighted by Crippen LogP contribution is 2.16. The molecule has 1 unspecified atom stereocenters. The molecule has 6 heteroatoms. The quantitative estimate of drug-likeness (QED) is 0.0396. The fourth-order valence-corrected chi connectivity index (χ4v) is 5.53. The predicted octanol–water partition coefficient (Wildman–Crippen LogP) is 11.6. The molecule has 0 fully saturated rings. The Kier molecular flexibility index (Phi) is 32.6. The third-order valence-electron chi connectivity index (χ3n) is 8.90. The molecule has 0 aromatic rings. The van der Waals surface area contributed by atoms with Crippen LogP contribution in [0.3, 0.4) is 0 Å². The van der Waals surface area contributed by atoms with Crippen molar-refractivity contribution in [2.75, 3.05) is 13.2 Å². The van der Waals surface area contributed by atoms with Crippen molar-refractivity contribution in [1.29, 1.82) is 0 Å². The second kappa shape index (κ2) is 33.8. The standard InChI is InChI=1S/C39H74O6/c1-5-8-10-12-14-15-16-18-24-28-32-39(42)45-36(33-43-37(40)30-26-22-17-13-11-9-6-2)34-44-38(41)31-27-23-20-19-21-25-29-35(4)7-3/h35-36H,5-34H2,1-4H3/t35?,36-/m1/s1. The van der Waals surface area contributed by atoms with Crippen LogP contribution in [0, 0.1) is 5.92 Å². The number of rotatable bonds is 34. The minimum Gasteiger partial charge on any atom is -0.462 e. The largest absolute Gasteiger partial charge is 0.462 e. The van der Waals surface area contributed by atoms with Crippen molar-refractivity contribution in [3.05, 3.63) is 0 Å². The van der Waals surface area contributed by atoms with Gasteiger partial charge in [0.15, 0.2) is 6.10 Å². The van der Waals surface area contributed by atoms with E-state index >= 15 is 0 Å². The number of esters is 3. The Morgan fingerprint density at radius 1 is 0.444 bits per heavy atom. The summed E-state index contributed by atoms with van der Waals surface area (Å²) in [6, 6.07) is 0. The summed E-state index contributed by atoms with van der Waals surface area (Å²) in [6.07, 6.45) is 29.5. The lowest BCUT2D eigenvalue weighted by Gasteiger charge is -2.18. The Morgan fingerprint density at radius 3 is 1.16 bits per heavy atom. The smallest absolute Gasteiger partial charge is 0.306 e. The van der Waals surface area contributed by atoms with Crippen LogP contribution >= 0.6 is 0 Å². The average Bonchev–Trinajstić information content (AvgIpc) is 3.03. The van der Waals surface area contributed by atoms with Crippen LogP contribution < -0.4 is 0 Å². The minimum atomic E-state index is -0.756. The molecule has 0 saturated carbocycles. The van der Waals surface area contributed by atoms with Gasteiger partial charge in [-0.25, -0.2) is 0 Å². The lowest BCUT2D eigenvalue weighted by Crippen LogP contribution is -2.30. The van der Waals surface area contributed by atoms with Crippen molar-refractivity contribution < 1.29 is 28.6 Å². The van der Waals surface area contributed by atoms with Gasteiger partial charge >= 0.3 is 17.9 Å². The van der Waals surface area contributed by atoms with Gasteiger partial charge < -0.3 is 14.2 Å². The van der Waals surface area contributed by atoms with E-state index in [4.69, 9.17) is 14.2 Å². The first kappa shape index (κ1) is 43.4. The summed E-state index contributed by atoms with van der Waals surface area (Å²) in [7, 11) is 0. The van der Waals surface area contributed by atoms with Gasteiger partial charge in [0.25, 0.3) is 0 Å². The average molecular weight is 639 g/mol. The third kappa shape index (κ3) is 32.2. The molecule has 6 nitrogen and oxygen atoms in total. The molecular weight excluding hydrogens is 564 g/mol. The summed E-state index contributed by atoms with van der Waals surface area (Å²) in [4.78, 5) is 37.3. The first-order chi connectivity index (χ1) is 21.9. The number of hydrogen-bond donors (Lipinski definition) is 0. The van der Waals surface area contributed by atoms with Crippen LogP contribution in [0.4, 0.5) is 0 Å². The maximum absolute atomic E-state index is 12.6. The van der Waals surface area contributed by atoms with E-state index in [-0.39, 0.29) is 31.1 Å². The summed E-state index contributed by atoms with van der Waals surface area (Å²) in [5.41, 5.74) is 0. The molecule has 0 amide bonds. The zero-order valence-corrected chi connectivity index (χ0v) is 30.3.